The summed E-state index contributed by atoms with van der Waals surface area (Å²) in [6, 6.07) is 14.1. The summed E-state index contributed by atoms with van der Waals surface area (Å²) in [5.74, 6) is 1.71. The summed E-state index contributed by atoms with van der Waals surface area (Å²) in [4.78, 5) is 12.9. The Balaban J connectivity index is 1.45. The Morgan fingerprint density at radius 2 is 2.03 bits per heavy atom. The predicted molar refractivity (Wildman–Crippen MR) is 134 cm³/mol. The number of ether oxygens (including phenoxy) is 3. The van der Waals surface area contributed by atoms with E-state index >= 15 is 0 Å². The average molecular weight is 504 g/mol. The van der Waals surface area contributed by atoms with Gasteiger partial charge in [0.2, 0.25) is 11.5 Å². The molecule has 1 aliphatic rings. The fraction of sp³-hybridized carbons (Fsp3) is 0.292. The molecule has 0 atom stereocenters. The molecule has 190 valence electrons. The average Bonchev–Trinajstić information content (AvgIpc) is 3.45. The van der Waals surface area contributed by atoms with E-state index in [-0.39, 0.29) is 17.3 Å². The van der Waals surface area contributed by atoms with Crippen molar-refractivity contribution in [1.29, 1.82) is 5.26 Å². The third-order valence-corrected chi connectivity index (χ3v) is 5.12. The Bertz CT molecular complexity index is 1330. The van der Waals surface area contributed by atoms with E-state index in [0.717, 1.165) is 17.7 Å². The number of carbonyl (C=O) groups is 1. The summed E-state index contributed by atoms with van der Waals surface area (Å²) < 4.78 is 16.9. The van der Waals surface area contributed by atoms with Crippen molar-refractivity contribution in [3.63, 3.8) is 0 Å². The number of benzene rings is 2. The third kappa shape index (κ3) is 6.37. The number of hydrazone groups is 2. The van der Waals surface area contributed by atoms with Gasteiger partial charge in [0.15, 0.2) is 11.5 Å². The standard InChI is InChI=1S/C24H25N9O4/c1-3-35-21-11-10-16(13-22(21)36-4-2)19-9-6-12-33(30-19)24(34)37-18-8-5-7-17(14-18)26-27-20(15-25)23-28-31-32-29-23/h5,7-8,10-11,13-14,26H,3-4,6,9,12H2,1-2H3,(H,28,29,31,32). The van der Waals surface area contributed by atoms with Gasteiger partial charge in [-0.15, -0.1) is 5.10 Å². The molecule has 37 heavy (non-hydrogen) atoms. The molecule has 0 saturated heterocycles. The molecule has 0 saturated carbocycles. The van der Waals surface area contributed by atoms with Gasteiger partial charge in [-0.2, -0.15) is 20.5 Å². The molecule has 1 aliphatic heterocycles. The van der Waals surface area contributed by atoms with Crippen molar-refractivity contribution in [1.82, 2.24) is 25.6 Å². The first-order valence-electron chi connectivity index (χ1n) is 11.7. The van der Waals surface area contributed by atoms with Crippen LogP contribution in [0.25, 0.3) is 0 Å². The number of aromatic amines is 1. The molecule has 13 heteroatoms. The highest BCUT2D eigenvalue weighted by atomic mass is 16.6. The fourth-order valence-electron chi connectivity index (χ4n) is 3.50. The van der Waals surface area contributed by atoms with Gasteiger partial charge in [0.05, 0.1) is 24.6 Å². The lowest BCUT2D eigenvalue weighted by Gasteiger charge is -2.23. The number of nitriles is 1. The molecule has 13 nitrogen and oxygen atoms in total. The van der Waals surface area contributed by atoms with Gasteiger partial charge in [-0.1, -0.05) is 6.07 Å². The number of anilines is 1. The molecule has 0 unspecified atom stereocenters. The highest BCUT2D eigenvalue weighted by Crippen LogP contribution is 2.30. The maximum absolute atomic E-state index is 12.9. The van der Waals surface area contributed by atoms with Gasteiger partial charge in [-0.25, -0.2) is 9.89 Å². The third-order valence-electron chi connectivity index (χ3n) is 5.12. The minimum absolute atomic E-state index is 0.0376. The topological polar surface area (TPSA) is 163 Å². The van der Waals surface area contributed by atoms with Crippen LogP contribution in [-0.4, -0.2) is 62.9 Å². The van der Waals surface area contributed by atoms with Crippen LogP contribution in [0.1, 0.15) is 38.1 Å². The Morgan fingerprint density at radius 1 is 1.19 bits per heavy atom. The molecule has 4 rings (SSSR count). The molecule has 3 aromatic rings. The van der Waals surface area contributed by atoms with Crippen LogP contribution in [0.5, 0.6) is 17.2 Å². The smallest absolute Gasteiger partial charge is 0.435 e. The lowest BCUT2D eigenvalue weighted by molar-refractivity contribution is 0.151. The van der Waals surface area contributed by atoms with E-state index in [1.165, 1.54) is 5.01 Å². The van der Waals surface area contributed by atoms with Crippen molar-refractivity contribution in [2.45, 2.75) is 26.7 Å². The van der Waals surface area contributed by atoms with Crippen LogP contribution in [0.4, 0.5) is 10.5 Å². The van der Waals surface area contributed by atoms with E-state index in [4.69, 9.17) is 14.2 Å². The molecular formula is C24H25N9O4. The Hall–Kier alpha value is -4.99. The number of nitrogens with zero attached hydrogens (tertiary/aromatic N) is 7. The largest absolute Gasteiger partial charge is 0.490 e. The number of amides is 1. The summed E-state index contributed by atoms with van der Waals surface area (Å²) in [7, 11) is 0. The van der Waals surface area contributed by atoms with Crippen molar-refractivity contribution in [2.75, 3.05) is 25.2 Å². The van der Waals surface area contributed by atoms with Gasteiger partial charge in [-0.3, -0.25) is 5.43 Å². The molecule has 2 aromatic carbocycles. The fourth-order valence-corrected chi connectivity index (χ4v) is 3.50. The number of hydrogen-bond acceptors (Lipinski definition) is 11. The monoisotopic (exact) mass is 503 g/mol. The van der Waals surface area contributed by atoms with Crippen LogP contribution in [-0.2, 0) is 0 Å². The molecule has 0 fully saturated rings. The number of aromatic nitrogens is 4. The Morgan fingerprint density at radius 3 is 2.78 bits per heavy atom. The molecule has 1 aromatic heterocycles. The first kappa shape index (κ1) is 25.1. The van der Waals surface area contributed by atoms with Crippen LogP contribution in [0.3, 0.4) is 0 Å². The van der Waals surface area contributed by atoms with Gasteiger partial charge in [0, 0.05) is 18.2 Å². The summed E-state index contributed by atoms with van der Waals surface area (Å²) in [6.07, 6.45) is 0.830. The van der Waals surface area contributed by atoms with Crippen molar-refractivity contribution in [2.24, 2.45) is 10.2 Å². The minimum atomic E-state index is -0.612. The zero-order chi connectivity index (χ0) is 26.0. The van der Waals surface area contributed by atoms with Crippen molar-refractivity contribution < 1.29 is 19.0 Å². The van der Waals surface area contributed by atoms with E-state index in [1.54, 1.807) is 24.3 Å². The first-order chi connectivity index (χ1) is 18.1. The van der Waals surface area contributed by atoms with Crippen molar-refractivity contribution in [3.05, 3.63) is 53.9 Å². The van der Waals surface area contributed by atoms with Gasteiger partial charge < -0.3 is 14.2 Å². The SMILES string of the molecule is CCOc1ccc(C2=NN(C(=O)Oc3cccc(NN=C(C#N)c4nnn[nH]4)c3)CCC2)cc1OCC. The van der Waals surface area contributed by atoms with E-state index in [2.05, 4.69) is 36.3 Å². The van der Waals surface area contributed by atoms with E-state index in [9.17, 15) is 10.1 Å². The number of tetrazole rings is 1. The normalized spacial score (nSPS) is 13.4. The van der Waals surface area contributed by atoms with Gasteiger partial charge in [0.25, 0.3) is 0 Å². The second-order valence-corrected chi connectivity index (χ2v) is 7.63. The van der Waals surface area contributed by atoms with Gasteiger partial charge >= 0.3 is 6.09 Å². The summed E-state index contributed by atoms with van der Waals surface area (Å²) in [5, 5.41) is 32.0. The second kappa shape index (κ2) is 12.1. The number of carbonyl (C=O) groups excluding carboxylic acids is 1. The minimum Gasteiger partial charge on any atom is -0.490 e. The number of H-pyrrole nitrogens is 1. The highest BCUT2D eigenvalue weighted by molar-refractivity contribution is 6.09. The molecule has 0 bridgehead atoms. The number of rotatable bonds is 9. The number of hydrogen-bond donors (Lipinski definition) is 2. The van der Waals surface area contributed by atoms with Crippen molar-refractivity contribution in [3.8, 4) is 23.3 Å². The lowest BCUT2D eigenvalue weighted by atomic mass is 10.0. The van der Waals surface area contributed by atoms with Crippen LogP contribution in [0.15, 0.2) is 52.7 Å². The van der Waals surface area contributed by atoms with Crippen LogP contribution in [0.2, 0.25) is 0 Å². The molecule has 0 aliphatic carbocycles. The molecule has 0 radical (unpaired) electrons. The number of nitrogens with one attached hydrogen (secondary N) is 2. The molecule has 0 spiro atoms. The van der Waals surface area contributed by atoms with Gasteiger partial charge in [-0.05, 0) is 67.4 Å². The summed E-state index contributed by atoms with van der Waals surface area (Å²) >= 11 is 0. The summed E-state index contributed by atoms with van der Waals surface area (Å²) in [6.45, 7) is 5.28. The van der Waals surface area contributed by atoms with E-state index in [0.29, 0.717) is 43.4 Å². The van der Waals surface area contributed by atoms with Gasteiger partial charge in [0.1, 0.15) is 11.8 Å². The van der Waals surface area contributed by atoms with E-state index < -0.39 is 6.09 Å². The van der Waals surface area contributed by atoms with E-state index in [1.807, 2.05) is 38.1 Å². The molecule has 2 N–H and O–H groups in total. The quantitative estimate of drug-likeness (QED) is 0.329. The second-order valence-electron chi connectivity index (χ2n) is 7.63. The lowest BCUT2D eigenvalue weighted by Crippen LogP contribution is -2.34. The predicted octanol–water partition coefficient (Wildman–Crippen LogP) is 3.34. The molecular weight excluding hydrogens is 478 g/mol. The maximum atomic E-state index is 12.9. The van der Waals surface area contributed by atoms with Crippen LogP contribution < -0.4 is 19.6 Å². The summed E-state index contributed by atoms with van der Waals surface area (Å²) in [5.41, 5.74) is 4.79. The zero-order valence-corrected chi connectivity index (χ0v) is 20.3. The molecule has 2 heterocycles. The Labute approximate surface area is 212 Å². The molecule has 1 amide bonds. The first-order valence-corrected chi connectivity index (χ1v) is 11.7. The van der Waals surface area contributed by atoms with Crippen LogP contribution >= 0.6 is 0 Å². The highest BCUT2D eigenvalue weighted by Gasteiger charge is 2.22. The maximum Gasteiger partial charge on any atom is 0.435 e. The van der Waals surface area contributed by atoms with Crippen molar-refractivity contribution >= 4 is 23.2 Å². The van der Waals surface area contributed by atoms with Crippen LogP contribution in [0, 0.1) is 11.3 Å². The Kier molecular flexibility index (Phi) is 8.22. The zero-order valence-electron chi connectivity index (χ0n) is 20.3.